The van der Waals surface area contributed by atoms with Crippen molar-refractivity contribution in [1.82, 2.24) is 4.37 Å². The summed E-state index contributed by atoms with van der Waals surface area (Å²) in [6.45, 7) is 0. The quantitative estimate of drug-likeness (QED) is 0.867. The molecule has 1 aliphatic carbocycles. The van der Waals surface area contributed by atoms with Crippen LogP contribution >= 0.6 is 11.5 Å². The van der Waals surface area contributed by atoms with E-state index in [9.17, 15) is 5.11 Å². The van der Waals surface area contributed by atoms with E-state index in [4.69, 9.17) is 4.42 Å². The largest absolute Gasteiger partial charge is 0.469 e. The first-order valence-electron chi connectivity index (χ1n) is 5.49. The van der Waals surface area contributed by atoms with Crippen molar-refractivity contribution in [2.75, 3.05) is 0 Å². The maximum Gasteiger partial charge on any atom is 0.109 e. The van der Waals surface area contributed by atoms with E-state index in [1.54, 1.807) is 6.26 Å². The van der Waals surface area contributed by atoms with Crippen molar-refractivity contribution in [3.8, 4) is 0 Å². The van der Waals surface area contributed by atoms with Gasteiger partial charge in [-0.2, -0.15) is 4.37 Å². The smallest absolute Gasteiger partial charge is 0.109 e. The van der Waals surface area contributed by atoms with Crippen LogP contribution in [-0.4, -0.2) is 15.6 Å². The number of rotatable bonds is 2. The van der Waals surface area contributed by atoms with E-state index in [-0.39, 0.29) is 6.10 Å². The van der Waals surface area contributed by atoms with Crippen molar-refractivity contribution in [3.63, 3.8) is 0 Å². The van der Waals surface area contributed by atoms with Crippen molar-refractivity contribution in [2.24, 2.45) is 0 Å². The summed E-state index contributed by atoms with van der Waals surface area (Å²) in [5, 5.41) is 9.58. The molecule has 1 atom stereocenters. The first-order chi connectivity index (χ1) is 7.83. The van der Waals surface area contributed by atoms with Gasteiger partial charge in [-0.1, -0.05) is 0 Å². The highest BCUT2D eigenvalue weighted by Crippen LogP contribution is 2.29. The molecular formula is C12H13NO2S. The number of aromatic nitrogens is 1. The van der Waals surface area contributed by atoms with Crippen molar-refractivity contribution in [2.45, 2.75) is 31.8 Å². The molecule has 16 heavy (non-hydrogen) atoms. The molecule has 1 unspecified atom stereocenters. The summed E-state index contributed by atoms with van der Waals surface area (Å²) in [6.07, 6.45) is 4.86. The molecule has 0 amide bonds. The predicted molar refractivity (Wildman–Crippen MR) is 61.7 cm³/mol. The topological polar surface area (TPSA) is 46.3 Å². The number of nitrogens with zero attached hydrogens (tertiary/aromatic N) is 1. The Bertz CT molecular complexity index is 475. The highest BCUT2D eigenvalue weighted by molar-refractivity contribution is 7.06. The molecule has 0 radical (unpaired) electrons. The van der Waals surface area contributed by atoms with Crippen molar-refractivity contribution in [1.29, 1.82) is 0 Å². The molecule has 2 aromatic heterocycles. The van der Waals surface area contributed by atoms with Gasteiger partial charge in [0.05, 0.1) is 18.1 Å². The van der Waals surface area contributed by atoms with Gasteiger partial charge in [-0.3, -0.25) is 0 Å². The molecule has 0 saturated carbocycles. The van der Waals surface area contributed by atoms with E-state index in [0.29, 0.717) is 0 Å². The van der Waals surface area contributed by atoms with Gasteiger partial charge in [-0.25, -0.2) is 0 Å². The van der Waals surface area contributed by atoms with Crippen LogP contribution < -0.4 is 0 Å². The molecule has 2 heterocycles. The van der Waals surface area contributed by atoms with Crippen LogP contribution in [0.15, 0.2) is 22.8 Å². The second-order valence-corrected chi connectivity index (χ2v) is 5.04. The minimum Gasteiger partial charge on any atom is -0.469 e. The Balaban J connectivity index is 1.86. The number of furan rings is 1. The molecule has 2 aromatic rings. The lowest BCUT2D eigenvalue weighted by Gasteiger charge is -2.16. The van der Waals surface area contributed by atoms with E-state index in [1.165, 1.54) is 22.0 Å². The Morgan fingerprint density at radius 1 is 1.56 bits per heavy atom. The molecule has 84 valence electrons. The average molecular weight is 235 g/mol. The summed E-state index contributed by atoms with van der Waals surface area (Å²) in [4.78, 5) is 1.25. The Morgan fingerprint density at radius 3 is 3.31 bits per heavy atom. The fraction of sp³-hybridized carbons (Fsp3) is 0.417. The minimum absolute atomic E-state index is 0.176. The summed E-state index contributed by atoms with van der Waals surface area (Å²) >= 11 is 1.53. The van der Waals surface area contributed by atoms with Gasteiger partial charge in [0.2, 0.25) is 0 Å². The lowest BCUT2D eigenvalue weighted by molar-refractivity contribution is 0.160. The standard InChI is InChI=1S/C12H13NO2S/c14-8-3-4-10-11(13-16-12(10)6-8)7-9-2-1-5-15-9/h1-2,5,8,14H,3-4,6-7H2. The maximum atomic E-state index is 9.58. The number of hydrogen-bond acceptors (Lipinski definition) is 4. The Hall–Kier alpha value is -1.13. The van der Waals surface area contributed by atoms with E-state index >= 15 is 0 Å². The van der Waals surface area contributed by atoms with E-state index < -0.39 is 0 Å². The summed E-state index contributed by atoms with van der Waals surface area (Å²) < 4.78 is 9.81. The average Bonchev–Trinajstić information content (AvgIpc) is 2.89. The van der Waals surface area contributed by atoms with Crippen LogP contribution in [0.3, 0.4) is 0 Å². The van der Waals surface area contributed by atoms with E-state index in [2.05, 4.69) is 4.37 Å². The highest BCUT2D eigenvalue weighted by atomic mass is 32.1. The van der Waals surface area contributed by atoms with Crippen LogP contribution in [0, 0.1) is 0 Å². The van der Waals surface area contributed by atoms with Gasteiger partial charge in [0, 0.05) is 17.7 Å². The van der Waals surface area contributed by atoms with Gasteiger partial charge in [0.15, 0.2) is 0 Å². The first-order valence-corrected chi connectivity index (χ1v) is 6.27. The van der Waals surface area contributed by atoms with Crippen LogP contribution in [0.5, 0.6) is 0 Å². The van der Waals surface area contributed by atoms with Crippen molar-refractivity contribution >= 4 is 11.5 Å². The summed E-state index contributed by atoms with van der Waals surface area (Å²) in [7, 11) is 0. The number of hydrogen-bond donors (Lipinski definition) is 1. The molecule has 1 aliphatic rings. The van der Waals surface area contributed by atoms with Gasteiger partial charge in [0.1, 0.15) is 5.76 Å². The third-order valence-corrected chi connectivity index (χ3v) is 3.97. The van der Waals surface area contributed by atoms with Gasteiger partial charge in [0.25, 0.3) is 0 Å². The molecule has 0 spiro atoms. The third-order valence-electron chi connectivity index (χ3n) is 3.02. The predicted octanol–water partition coefficient (Wildman–Crippen LogP) is 2.18. The molecule has 4 heteroatoms. The Morgan fingerprint density at radius 2 is 2.50 bits per heavy atom. The lowest BCUT2D eigenvalue weighted by atomic mass is 9.94. The van der Waals surface area contributed by atoms with Crippen LogP contribution in [0.4, 0.5) is 0 Å². The number of fused-ring (bicyclic) bond motifs is 1. The molecule has 1 N–H and O–H groups in total. The monoisotopic (exact) mass is 235 g/mol. The van der Waals surface area contributed by atoms with Crippen LogP contribution in [0.1, 0.15) is 28.3 Å². The van der Waals surface area contributed by atoms with Gasteiger partial charge < -0.3 is 9.52 Å². The molecule has 0 aliphatic heterocycles. The van der Waals surface area contributed by atoms with Gasteiger partial charge in [-0.15, -0.1) is 0 Å². The summed E-state index contributed by atoms with van der Waals surface area (Å²) in [6, 6.07) is 3.88. The second kappa shape index (κ2) is 4.03. The fourth-order valence-electron chi connectivity index (χ4n) is 2.17. The van der Waals surface area contributed by atoms with Gasteiger partial charge >= 0.3 is 0 Å². The van der Waals surface area contributed by atoms with Crippen LogP contribution in [0.25, 0.3) is 0 Å². The lowest BCUT2D eigenvalue weighted by Crippen LogP contribution is -2.17. The third kappa shape index (κ3) is 1.79. The molecule has 0 fully saturated rings. The summed E-state index contributed by atoms with van der Waals surface area (Å²) in [5.74, 6) is 0.958. The number of aliphatic hydroxyl groups is 1. The Labute approximate surface area is 97.9 Å². The SMILES string of the molecule is OC1CCc2c(Cc3ccco3)nsc2C1. The second-order valence-electron chi connectivity index (χ2n) is 4.18. The molecule has 0 aromatic carbocycles. The van der Waals surface area contributed by atoms with E-state index in [1.807, 2.05) is 12.1 Å². The molecule has 0 bridgehead atoms. The number of aliphatic hydroxyl groups excluding tert-OH is 1. The van der Waals surface area contributed by atoms with Crippen molar-refractivity contribution < 1.29 is 9.52 Å². The van der Waals surface area contributed by atoms with Gasteiger partial charge in [-0.05, 0) is 42.1 Å². The van der Waals surface area contributed by atoms with E-state index in [0.717, 1.165) is 37.1 Å². The first kappa shape index (κ1) is 10.1. The molecular weight excluding hydrogens is 222 g/mol. The molecule has 0 saturated heterocycles. The molecule has 3 rings (SSSR count). The van der Waals surface area contributed by atoms with Crippen LogP contribution in [-0.2, 0) is 19.3 Å². The van der Waals surface area contributed by atoms with Crippen LogP contribution in [0.2, 0.25) is 0 Å². The highest BCUT2D eigenvalue weighted by Gasteiger charge is 2.22. The fourth-order valence-corrected chi connectivity index (χ4v) is 3.16. The van der Waals surface area contributed by atoms with Crippen molar-refractivity contribution in [3.05, 3.63) is 40.3 Å². The normalized spacial score (nSPS) is 19.7. The Kier molecular flexibility index (Phi) is 2.53. The molecule has 3 nitrogen and oxygen atoms in total. The summed E-state index contributed by atoms with van der Waals surface area (Å²) in [5.41, 5.74) is 2.47. The zero-order chi connectivity index (χ0) is 11.0. The zero-order valence-corrected chi connectivity index (χ0v) is 9.67. The minimum atomic E-state index is -0.176. The maximum absolute atomic E-state index is 9.58. The zero-order valence-electron chi connectivity index (χ0n) is 8.85.